The predicted octanol–water partition coefficient (Wildman–Crippen LogP) is 4.52. The van der Waals surface area contributed by atoms with Crippen LogP contribution in [-0.2, 0) is 14.3 Å². The molecule has 0 aliphatic carbocycles. The Kier molecular flexibility index (Phi) is 6.91. The summed E-state index contributed by atoms with van der Waals surface area (Å²) in [5.41, 5.74) is 3.76. The fourth-order valence-corrected chi connectivity index (χ4v) is 3.67. The maximum atomic E-state index is 12.3. The third-order valence-electron chi connectivity index (χ3n) is 4.17. The van der Waals surface area contributed by atoms with E-state index in [0.717, 1.165) is 27.3 Å². The first kappa shape index (κ1) is 20.8. The molecule has 0 unspecified atom stereocenters. The highest BCUT2D eigenvalue weighted by atomic mass is 32.1. The van der Waals surface area contributed by atoms with E-state index in [4.69, 9.17) is 4.74 Å². The van der Waals surface area contributed by atoms with Crippen molar-refractivity contribution in [2.75, 3.05) is 5.32 Å². The molecule has 0 aliphatic rings. The minimum Gasteiger partial charge on any atom is -0.453 e. The summed E-state index contributed by atoms with van der Waals surface area (Å²) in [5, 5.41) is 2.82. The van der Waals surface area contributed by atoms with Crippen LogP contribution >= 0.6 is 11.3 Å². The van der Waals surface area contributed by atoms with Gasteiger partial charge in [-0.15, -0.1) is 11.3 Å². The quantitative estimate of drug-likeness (QED) is 0.560. The summed E-state index contributed by atoms with van der Waals surface area (Å²) in [4.78, 5) is 38.1. The SMILES string of the molecule is Cc1cc(C)c(NC(=O)[C@H](C)OC(=O)CCC(=O)c2ccc(C)s2)c(C)c1. The van der Waals surface area contributed by atoms with E-state index in [1.165, 1.54) is 18.3 Å². The molecule has 1 heterocycles. The minimum atomic E-state index is -0.934. The van der Waals surface area contributed by atoms with Crippen molar-refractivity contribution in [2.24, 2.45) is 0 Å². The van der Waals surface area contributed by atoms with Gasteiger partial charge in [-0.2, -0.15) is 0 Å². The normalized spacial score (nSPS) is 11.7. The predicted molar refractivity (Wildman–Crippen MR) is 107 cm³/mol. The Morgan fingerprint density at radius 1 is 1.04 bits per heavy atom. The van der Waals surface area contributed by atoms with Crippen LogP contribution < -0.4 is 5.32 Å². The average Bonchev–Trinajstić information content (AvgIpc) is 3.02. The van der Waals surface area contributed by atoms with Crippen LogP contribution in [0.1, 0.15) is 51.0 Å². The van der Waals surface area contributed by atoms with E-state index < -0.39 is 18.0 Å². The second-order valence-electron chi connectivity index (χ2n) is 6.73. The smallest absolute Gasteiger partial charge is 0.307 e. The number of ketones is 1. The zero-order valence-electron chi connectivity index (χ0n) is 16.3. The van der Waals surface area contributed by atoms with Gasteiger partial charge >= 0.3 is 5.97 Å². The number of esters is 1. The van der Waals surface area contributed by atoms with Crippen molar-refractivity contribution in [1.29, 1.82) is 0 Å². The second kappa shape index (κ2) is 8.95. The van der Waals surface area contributed by atoms with Crippen LogP contribution in [0.4, 0.5) is 5.69 Å². The summed E-state index contributed by atoms with van der Waals surface area (Å²) in [7, 11) is 0. The molecule has 2 aromatic rings. The second-order valence-corrected chi connectivity index (χ2v) is 8.02. The number of aryl methyl sites for hydroxylation is 4. The van der Waals surface area contributed by atoms with Crippen molar-refractivity contribution in [2.45, 2.75) is 53.6 Å². The van der Waals surface area contributed by atoms with Gasteiger partial charge in [0, 0.05) is 17.0 Å². The molecule has 1 aromatic carbocycles. The largest absolute Gasteiger partial charge is 0.453 e. The molecular formula is C21H25NO4S. The van der Waals surface area contributed by atoms with Crippen LogP contribution in [0.5, 0.6) is 0 Å². The van der Waals surface area contributed by atoms with Crippen LogP contribution in [0.15, 0.2) is 24.3 Å². The van der Waals surface area contributed by atoms with Gasteiger partial charge in [0.15, 0.2) is 11.9 Å². The number of carbonyl (C=O) groups is 3. The van der Waals surface area contributed by atoms with Crippen LogP contribution in [0.25, 0.3) is 0 Å². The third kappa shape index (κ3) is 5.76. The number of anilines is 1. The Morgan fingerprint density at radius 2 is 1.67 bits per heavy atom. The topological polar surface area (TPSA) is 72.5 Å². The number of nitrogens with one attached hydrogen (secondary N) is 1. The monoisotopic (exact) mass is 387 g/mol. The van der Waals surface area contributed by atoms with Crippen LogP contribution in [0, 0.1) is 27.7 Å². The molecule has 5 nitrogen and oxygen atoms in total. The van der Waals surface area contributed by atoms with Gasteiger partial charge in [0.1, 0.15) is 0 Å². The van der Waals surface area contributed by atoms with Crippen molar-refractivity contribution in [3.8, 4) is 0 Å². The molecule has 0 fully saturated rings. The zero-order valence-corrected chi connectivity index (χ0v) is 17.2. The summed E-state index contributed by atoms with van der Waals surface area (Å²) in [6.07, 6.45) is -0.907. The highest BCUT2D eigenvalue weighted by Gasteiger charge is 2.20. The first-order valence-electron chi connectivity index (χ1n) is 8.85. The number of hydrogen-bond donors (Lipinski definition) is 1. The van der Waals surface area contributed by atoms with E-state index in [1.54, 1.807) is 6.07 Å². The summed E-state index contributed by atoms with van der Waals surface area (Å²) in [5.74, 6) is -1.04. The van der Waals surface area contributed by atoms with Crippen molar-refractivity contribution in [3.05, 3.63) is 50.7 Å². The number of hydrogen-bond acceptors (Lipinski definition) is 5. The Bertz CT molecular complexity index is 846. The van der Waals surface area contributed by atoms with Crippen molar-refractivity contribution in [3.63, 3.8) is 0 Å². The van der Waals surface area contributed by atoms with Gasteiger partial charge in [-0.25, -0.2) is 0 Å². The van der Waals surface area contributed by atoms with Gasteiger partial charge in [0.05, 0.1) is 11.3 Å². The standard InChI is InChI=1S/C21H25NO4S/c1-12-10-13(2)20(14(3)11-12)22-21(25)16(5)26-19(24)9-7-17(23)18-8-6-15(4)27-18/h6,8,10-11,16H,7,9H2,1-5H3,(H,22,25)/t16-/m0/s1. The maximum Gasteiger partial charge on any atom is 0.307 e. The minimum absolute atomic E-state index is 0.0456. The number of amides is 1. The summed E-state index contributed by atoms with van der Waals surface area (Å²) in [6.45, 7) is 9.28. The highest BCUT2D eigenvalue weighted by molar-refractivity contribution is 7.14. The highest BCUT2D eigenvalue weighted by Crippen LogP contribution is 2.22. The zero-order chi connectivity index (χ0) is 20.1. The van der Waals surface area contributed by atoms with E-state index in [-0.39, 0.29) is 18.6 Å². The Hall–Kier alpha value is -2.47. The summed E-state index contributed by atoms with van der Waals surface area (Å²) >= 11 is 1.41. The number of Topliss-reactive ketones (excluding diaryl/α,β-unsaturated/α-hetero) is 1. The average molecular weight is 388 g/mol. The lowest BCUT2D eigenvalue weighted by atomic mass is 10.0. The molecular weight excluding hydrogens is 362 g/mol. The lowest BCUT2D eigenvalue weighted by Gasteiger charge is -2.16. The van der Waals surface area contributed by atoms with Crippen molar-refractivity contribution < 1.29 is 19.1 Å². The number of thiophene rings is 1. The lowest BCUT2D eigenvalue weighted by Crippen LogP contribution is -2.30. The molecule has 144 valence electrons. The number of carbonyl (C=O) groups excluding carboxylic acids is 3. The molecule has 6 heteroatoms. The fourth-order valence-electron chi connectivity index (χ4n) is 2.83. The van der Waals surface area contributed by atoms with Gasteiger partial charge < -0.3 is 10.1 Å². The van der Waals surface area contributed by atoms with Gasteiger partial charge in [-0.3, -0.25) is 14.4 Å². The Balaban J connectivity index is 1.86. The molecule has 1 amide bonds. The molecule has 0 aliphatic heterocycles. The first-order valence-corrected chi connectivity index (χ1v) is 9.67. The number of benzene rings is 1. The van der Waals surface area contributed by atoms with E-state index in [9.17, 15) is 14.4 Å². The maximum absolute atomic E-state index is 12.3. The van der Waals surface area contributed by atoms with E-state index in [2.05, 4.69) is 5.32 Å². The van der Waals surface area contributed by atoms with E-state index >= 15 is 0 Å². The molecule has 1 N–H and O–H groups in total. The van der Waals surface area contributed by atoms with E-state index in [0.29, 0.717) is 4.88 Å². The number of ether oxygens (including phenoxy) is 1. The van der Waals surface area contributed by atoms with E-state index in [1.807, 2.05) is 45.9 Å². The molecule has 27 heavy (non-hydrogen) atoms. The fraction of sp³-hybridized carbons (Fsp3) is 0.381. The van der Waals surface area contributed by atoms with Gasteiger partial charge in [0.25, 0.3) is 5.91 Å². The third-order valence-corrected chi connectivity index (χ3v) is 5.22. The van der Waals surface area contributed by atoms with Crippen LogP contribution in [0.2, 0.25) is 0 Å². The molecule has 0 bridgehead atoms. The Morgan fingerprint density at radius 3 is 2.22 bits per heavy atom. The molecule has 2 rings (SSSR count). The van der Waals surface area contributed by atoms with Gasteiger partial charge in [-0.05, 0) is 57.9 Å². The summed E-state index contributed by atoms with van der Waals surface area (Å²) < 4.78 is 5.18. The number of rotatable bonds is 7. The molecule has 0 saturated carbocycles. The van der Waals surface area contributed by atoms with Gasteiger partial charge in [0.2, 0.25) is 0 Å². The Labute approximate surface area is 163 Å². The van der Waals surface area contributed by atoms with Crippen molar-refractivity contribution in [1.82, 2.24) is 0 Å². The van der Waals surface area contributed by atoms with Crippen molar-refractivity contribution >= 4 is 34.7 Å². The summed E-state index contributed by atoms with van der Waals surface area (Å²) in [6, 6.07) is 7.60. The molecule has 1 atom stereocenters. The van der Waals surface area contributed by atoms with Gasteiger partial charge in [-0.1, -0.05) is 17.7 Å². The molecule has 0 spiro atoms. The first-order chi connectivity index (χ1) is 12.7. The molecule has 0 radical (unpaired) electrons. The molecule has 1 aromatic heterocycles. The lowest BCUT2D eigenvalue weighted by molar-refractivity contribution is -0.153. The molecule has 0 saturated heterocycles. The van der Waals surface area contributed by atoms with Crippen LogP contribution in [0.3, 0.4) is 0 Å². The van der Waals surface area contributed by atoms with Crippen LogP contribution in [-0.4, -0.2) is 23.8 Å².